The Morgan fingerprint density at radius 3 is 2.82 bits per heavy atom. The van der Waals surface area contributed by atoms with E-state index in [-0.39, 0.29) is 5.91 Å². The molecule has 1 atom stereocenters. The second-order valence-electron chi connectivity index (χ2n) is 4.81. The van der Waals surface area contributed by atoms with Crippen molar-refractivity contribution in [3.8, 4) is 5.88 Å². The predicted molar refractivity (Wildman–Crippen MR) is 86.2 cm³/mol. The summed E-state index contributed by atoms with van der Waals surface area (Å²) in [5.74, 6) is 0.793. The Labute approximate surface area is 132 Å². The highest BCUT2D eigenvalue weighted by Gasteiger charge is 2.07. The fraction of sp³-hybridized carbons (Fsp3) is 0.250. The number of nitrogens with zero attached hydrogens (tertiary/aromatic N) is 1. The van der Waals surface area contributed by atoms with Crippen molar-refractivity contribution >= 4 is 16.7 Å². The van der Waals surface area contributed by atoms with Gasteiger partial charge in [0, 0.05) is 47.2 Å². The van der Waals surface area contributed by atoms with Crippen LogP contribution in [0.1, 0.15) is 21.5 Å². The summed E-state index contributed by atoms with van der Waals surface area (Å²) in [7, 11) is 0.622. The molecule has 2 aromatic rings. The molecule has 0 aliphatic heterocycles. The first-order valence-corrected chi connectivity index (χ1v) is 8.47. The number of methoxy groups -OCH3 is 1. The second-order valence-corrected chi connectivity index (χ2v) is 6.24. The van der Waals surface area contributed by atoms with Gasteiger partial charge in [0.2, 0.25) is 5.88 Å². The standard InChI is InChI=1S/C16H18N2O3S/c1-21-15-9-12(6-7-17-15)10-18-16(19)14-5-3-4-13(8-14)11-22(2)20/h3-9H,10-11H2,1-2H3,(H,18,19). The minimum atomic E-state index is -0.928. The molecule has 2 rings (SSSR count). The number of carbonyl (C=O) groups excluding carboxylic acids is 1. The molecule has 1 unspecified atom stereocenters. The average Bonchev–Trinajstić information content (AvgIpc) is 2.52. The number of ether oxygens (including phenoxy) is 1. The van der Waals surface area contributed by atoms with Crippen molar-refractivity contribution in [1.29, 1.82) is 0 Å². The molecular formula is C16H18N2O3S. The molecule has 116 valence electrons. The minimum absolute atomic E-state index is 0.167. The summed E-state index contributed by atoms with van der Waals surface area (Å²) >= 11 is 0. The van der Waals surface area contributed by atoms with Crippen molar-refractivity contribution in [3.05, 3.63) is 59.3 Å². The number of aromatic nitrogens is 1. The molecule has 0 spiro atoms. The van der Waals surface area contributed by atoms with Crippen LogP contribution < -0.4 is 10.1 Å². The highest BCUT2D eigenvalue weighted by atomic mass is 32.2. The van der Waals surface area contributed by atoms with Crippen molar-refractivity contribution in [3.63, 3.8) is 0 Å². The summed E-state index contributed by atoms with van der Waals surface area (Å²) in [4.78, 5) is 16.2. The minimum Gasteiger partial charge on any atom is -0.481 e. The van der Waals surface area contributed by atoms with Crippen molar-refractivity contribution in [2.45, 2.75) is 12.3 Å². The molecule has 0 aliphatic carbocycles. The Morgan fingerprint density at radius 2 is 2.09 bits per heavy atom. The average molecular weight is 318 g/mol. The molecule has 22 heavy (non-hydrogen) atoms. The Kier molecular flexibility index (Phi) is 5.66. The summed E-state index contributed by atoms with van der Waals surface area (Å²) in [5, 5.41) is 2.85. The molecule has 0 radical (unpaired) electrons. The smallest absolute Gasteiger partial charge is 0.251 e. The molecule has 0 fully saturated rings. The number of pyridine rings is 1. The molecule has 1 N–H and O–H groups in total. The zero-order valence-corrected chi connectivity index (χ0v) is 13.4. The van der Waals surface area contributed by atoms with Crippen LogP contribution in [0.15, 0.2) is 42.6 Å². The summed E-state index contributed by atoms with van der Waals surface area (Å²) in [6, 6.07) is 10.8. The van der Waals surface area contributed by atoms with Gasteiger partial charge in [-0.3, -0.25) is 9.00 Å². The second kappa shape index (κ2) is 7.70. The maximum Gasteiger partial charge on any atom is 0.251 e. The quantitative estimate of drug-likeness (QED) is 0.883. The lowest BCUT2D eigenvalue weighted by Crippen LogP contribution is -2.23. The number of nitrogens with one attached hydrogen (secondary N) is 1. The topological polar surface area (TPSA) is 68.3 Å². The van der Waals surface area contributed by atoms with Gasteiger partial charge < -0.3 is 10.1 Å². The van der Waals surface area contributed by atoms with E-state index in [2.05, 4.69) is 10.3 Å². The maximum absolute atomic E-state index is 12.2. The van der Waals surface area contributed by atoms with Gasteiger partial charge in [0.05, 0.1) is 7.11 Å². The fourth-order valence-corrected chi connectivity index (χ4v) is 2.64. The molecule has 0 saturated carbocycles. The number of hydrogen-bond donors (Lipinski definition) is 1. The van der Waals surface area contributed by atoms with Gasteiger partial charge in [0.25, 0.3) is 5.91 Å². The normalized spacial score (nSPS) is 11.7. The lowest BCUT2D eigenvalue weighted by Gasteiger charge is -2.07. The van der Waals surface area contributed by atoms with Gasteiger partial charge in [0.1, 0.15) is 0 Å². The van der Waals surface area contributed by atoms with Crippen LogP contribution in [0.2, 0.25) is 0 Å². The molecule has 1 amide bonds. The summed E-state index contributed by atoms with van der Waals surface area (Å²) in [5.41, 5.74) is 2.36. The molecule has 0 saturated heterocycles. The predicted octanol–water partition coefficient (Wildman–Crippen LogP) is 1.90. The molecule has 1 aromatic heterocycles. The van der Waals surface area contributed by atoms with Gasteiger partial charge in [0.15, 0.2) is 0 Å². The van der Waals surface area contributed by atoms with Crippen molar-refractivity contribution < 1.29 is 13.7 Å². The van der Waals surface area contributed by atoms with E-state index in [1.807, 2.05) is 12.1 Å². The Morgan fingerprint density at radius 1 is 1.27 bits per heavy atom. The van der Waals surface area contributed by atoms with Crippen molar-refractivity contribution in [2.24, 2.45) is 0 Å². The Balaban J connectivity index is 2.01. The number of carbonyl (C=O) groups is 1. The SMILES string of the molecule is COc1cc(CNC(=O)c2cccc(CS(C)=O)c2)ccn1. The lowest BCUT2D eigenvalue weighted by molar-refractivity contribution is 0.0950. The molecule has 1 aromatic carbocycles. The molecule has 1 heterocycles. The first kappa shape index (κ1) is 16.2. The van der Waals surface area contributed by atoms with Gasteiger partial charge >= 0.3 is 0 Å². The van der Waals surface area contributed by atoms with E-state index in [1.54, 1.807) is 43.8 Å². The van der Waals surface area contributed by atoms with Crippen molar-refractivity contribution in [1.82, 2.24) is 10.3 Å². The molecule has 0 bridgehead atoms. The van der Waals surface area contributed by atoms with Crippen LogP contribution in [0, 0.1) is 0 Å². The summed E-state index contributed by atoms with van der Waals surface area (Å²) in [6.07, 6.45) is 3.28. The van der Waals surface area contributed by atoms with Crippen LogP contribution in [0.5, 0.6) is 5.88 Å². The third kappa shape index (κ3) is 4.66. The monoisotopic (exact) mass is 318 g/mol. The lowest BCUT2D eigenvalue weighted by atomic mass is 10.1. The third-order valence-electron chi connectivity index (χ3n) is 3.02. The van der Waals surface area contributed by atoms with Crippen LogP contribution in [-0.4, -0.2) is 28.5 Å². The van der Waals surface area contributed by atoms with Crippen LogP contribution in [0.3, 0.4) is 0 Å². The van der Waals surface area contributed by atoms with E-state index in [4.69, 9.17) is 4.74 Å². The van der Waals surface area contributed by atoms with Gasteiger partial charge in [-0.15, -0.1) is 0 Å². The first-order valence-electron chi connectivity index (χ1n) is 6.74. The Hall–Kier alpha value is -2.21. The number of rotatable bonds is 6. The van der Waals surface area contributed by atoms with Gasteiger partial charge in [-0.2, -0.15) is 0 Å². The molecule has 5 nitrogen and oxygen atoms in total. The third-order valence-corrected chi connectivity index (χ3v) is 3.76. The Bertz CT molecular complexity index is 689. The molecule has 0 aliphatic rings. The van der Waals surface area contributed by atoms with Crippen LogP contribution in [0.4, 0.5) is 0 Å². The number of hydrogen-bond acceptors (Lipinski definition) is 4. The number of benzene rings is 1. The largest absolute Gasteiger partial charge is 0.481 e. The first-order chi connectivity index (χ1) is 10.6. The van der Waals surface area contributed by atoms with Crippen molar-refractivity contribution in [2.75, 3.05) is 13.4 Å². The van der Waals surface area contributed by atoms with E-state index in [0.29, 0.717) is 23.7 Å². The van der Waals surface area contributed by atoms with Crippen LogP contribution in [0.25, 0.3) is 0 Å². The van der Waals surface area contributed by atoms with Gasteiger partial charge in [-0.25, -0.2) is 4.98 Å². The van der Waals surface area contributed by atoms with Gasteiger partial charge in [-0.05, 0) is 29.3 Å². The number of amides is 1. The van der Waals surface area contributed by atoms with E-state index >= 15 is 0 Å². The zero-order chi connectivity index (χ0) is 15.9. The maximum atomic E-state index is 12.2. The van der Waals surface area contributed by atoms with E-state index in [0.717, 1.165) is 11.1 Å². The molecular weight excluding hydrogens is 300 g/mol. The van der Waals surface area contributed by atoms with E-state index < -0.39 is 10.8 Å². The van der Waals surface area contributed by atoms with Gasteiger partial charge in [-0.1, -0.05) is 12.1 Å². The summed E-state index contributed by atoms with van der Waals surface area (Å²) < 4.78 is 16.3. The van der Waals surface area contributed by atoms with Crippen LogP contribution in [-0.2, 0) is 23.1 Å². The highest BCUT2D eigenvalue weighted by molar-refractivity contribution is 7.83. The molecule has 6 heteroatoms. The summed E-state index contributed by atoms with van der Waals surface area (Å²) in [6.45, 7) is 0.391. The highest BCUT2D eigenvalue weighted by Crippen LogP contribution is 2.10. The zero-order valence-electron chi connectivity index (χ0n) is 12.5. The fourth-order valence-electron chi connectivity index (χ4n) is 1.99. The van der Waals surface area contributed by atoms with Crippen LogP contribution >= 0.6 is 0 Å². The van der Waals surface area contributed by atoms with E-state index in [9.17, 15) is 9.00 Å². The van der Waals surface area contributed by atoms with E-state index in [1.165, 1.54) is 0 Å².